The molecule has 0 spiro atoms. The zero-order valence-corrected chi connectivity index (χ0v) is 13.0. The van der Waals surface area contributed by atoms with Crippen LogP contribution in [0.3, 0.4) is 0 Å². The van der Waals surface area contributed by atoms with Crippen LogP contribution in [0, 0.1) is 0 Å². The van der Waals surface area contributed by atoms with Crippen LogP contribution in [0.15, 0.2) is 18.2 Å². The second-order valence-electron chi connectivity index (χ2n) is 5.81. The van der Waals surface area contributed by atoms with Gasteiger partial charge < -0.3 is 15.4 Å². The van der Waals surface area contributed by atoms with E-state index >= 15 is 0 Å². The van der Waals surface area contributed by atoms with Crippen molar-refractivity contribution in [1.29, 1.82) is 0 Å². The van der Waals surface area contributed by atoms with Gasteiger partial charge in [-0.3, -0.25) is 4.79 Å². The third-order valence-corrected chi connectivity index (χ3v) is 4.45. The summed E-state index contributed by atoms with van der Waals surface area (Å²) in [7, 11) is 0. The van der Waals surface area contributed by atoms with Crippen LogP contribution >= 0.6 is 11.6 Å². The molecule has 0 aromatic heterocycles. The molecule has 2 N–H and O–H groups in total. The number of fused-ring (bicyclic) bond motifs is 2. The fourth-order valence-electron chi connectivity index (χ4n) is 3.15. The lowest BCUT2D eigenvalue weighted by Crippen LogP contribution is -2.41. The molecule has 2 aliphatic heterocycles. The third kappa shape index (κ3) is 3.16. The molecule has 0 saturated carbocycles. The first-order valence-electron chi connectivity index (χ1n) is 7.67. The van der Waals surface area contributed by atoms with E-state index in [0.29, 0.717) is 16.7 Å². The van der Waals surface area contributed by atoms with Gasteiger partial charge in [0.15, 0.2) is 0 Å². The molecule has 3 rings (SSSR count). The summed E-state index contributed by atoms with van der Waals surface area (Å²) in [6.45, 7) is 2.93. The Morgan fingerprint density at radius 2 is 2.29 bits per heavy atom. The number of carbonyl (C=O) groups is 1. The summed E-state index contributed by atoms with van der Waals surface area (Å²) >= 11 is 6.04. The Balaban J connectivity index is 1.72. The van der Waals surface area contributed by atoms with Gasteiger partial charge >= 0.3 is 0 Å². The molecular weight excluding hydrogens is 288 g/mol. The minimum Gasteiger partial charge on any atom is -0.384 e. The first kappa shape index (κ1) is 14.7. The highest BCUT2D eigenvalue weighted by atomic mass is 35.5. The molecule has 4 nitrogen and oxygen atoms in total. The average Bonchev–Trinajstić information content (AvgIpc) is 3.08. The second-order valence-corrected chi connectivity index (χ2v) is 6.24. The monoisotopic (exact) mass is 308 g/mol. The summed E-state index contributed by atoms with van der Waals surface area (Å²) in [6.07, 6.45) is 4.62. The van der Waals surface area contributed by atoms with Crippen molar-refractivity contribution < 1.29 is 9.53 Å². The third-order valence-electron chi connectivity index (χ3n) is 4.21. The number of carbonyl (C=O) groups excluding carboxylic acids is 1. The van der Waals surface area contributed by atoms with Crippen LogP contribution in [0.2, 0.25) is 5.02 Å². The molecule has 21 heavy (non-hydrogen) atoms. The molecule has 3 atom stereocenters. The first-order chi connectivity index (χ1) is 10.2. The van der Waals surface area contributed by atoms with Crippen LogP contribution in [-0.4, -0.2) is 30.7 Å². The zero-order valence-electron chi connectivity index (χ0n) is 12.2. The SMILES string of the molecule is CCCNc1ccc(Cl)cc1C(=O)NC1CC2CCC1O2. The van der Waals surface area contributed by atoms with E-state index in [1.807, 2.05) is 6.07 Å². The molecule has 2 bridgehead atoms. The maximum absolute atomic E-state index is 12.5. The van der Waals surface area contributed by atoms with Gasteiger partial charge in [-0.1, -0.05) is 18.5 Å². The van der Waals surface area contributed by atoms with Gasteiger partial charge in [-0.15, -0.1) is 0 Å². The molecule has 1 amide bonds. The highest BCUT2D eigenvalue weighted by molar-refractivity contribution is 6.31. The Labute approximate surface area is 130 Å². The summed E-state index contributed by atoms with van der Waals surface area (Å²) < 4.78 is 5.78. The smallest absolute Gasteiger partial charge is 0.253 e. The van der Waals surface area contributed by atoms with Crippen molar-refractivity contribution in [2.75, 3.05) is 11.9 Å². The normalized spacial score (nSPS) is 26.9. The van der Waals surface area contributed by atoms with Crippen molar-refractivity contribution in [2.24, 2.45) is 0 Å². The maximum atomic E-state index is 12.5. The summed E-state index contributed by atoms with van der Waals surface area (Å²) in [5.41, 5.74) is 1.45. The summed E-state index contributed by atoms with van der Waals surface area (Å²) in [6, 6.07) is 5.53. The molecule has 114 valence electrons. The molecular formula is C16H21ClN2O2. The zero-order chi connectivity index (χ0) is 14.8. The molecule has 5 heteroatoms. The summed E-state index contributed by atoms with van der Waals surface area (Å²) in [4.78, 5) is 12.5. The van der Waals surface area contributed by atoms with Crippen molar-refractivity contribution in [3.05, 3.63) is 28.8 Å². The minimum atomic E-state index is -0.0720. The van der Waals surface area contributed by atoms with E-state index in [2.05, 4.69) is 17.6 Å². The van der Waals surface area contributed by atoms with Crippen LogP contribution in [0.5, 0.6) is 0 Å². The number of halogens is 1. The average molecular weight is 309 g/mol. The number of nitrogens with one attached hydrogen (secondary N) is 2. The molecule has 1 aromatic rings. The van der Waals surface area contributed by atoms with Crippen molar-refractivity contribution in [1.82, 2.24) is 5.32 Å². The number of amides is 1. The topological polar surface area (TPSA) is 50.4 Å². The lowest BCUT2D eigenvalue weighted by atomic mass is 9.95. The van der Waals surface area contributed by atoms with Gasteiger partial charge in [-0.25, -0.2) is 0 Å². The standard InChI is InChI=1S/C16H21ClN2O2/c1-2-7-18-13-5-3-10(17)8-12(13)16(20)19-14-9-11-4-6-15(14)21-11/h3,5,8,11,14-15,18H,2,4,6-7,9H2,1H3,(H,19,20). The van der Waals surface area contributed by atoms with Gasteiger partial charge in [0, 0.05) is 17.3 Å². The van der Waals surface area contributed by atoms with E-state index in [4.69, 9.17) is 16.3 Å². The van der Waals surface area contributed by atoms with Crippen LogP contribution in [0.25, 0.3) is 0 Å². The Morgan fingerprint density at radius 3 is 2.95 bits per heavy atom. The van der Waals surface area contributed by atoms with Crippen molar-refractivity contribution in [2.45, 2.75) is 50.9 Å². The van der Waals surface area contributed by atoms with Gasteiger partial charge in [0.25, 0.3) is 5.91 Å². The van der Waals surface area contributed by atoms with E-state index in [9.17, 15) is 4.79 Å². The van der Waals surface area contributed by atoms with Crippen LogP contribution in [0.4, 0.5) is 5.69 Å². The van der Waals surface area contributed by atoms with Gasteiger partial charge in [-0.05, 0) is 43.9 Å². The van der Waals surface area contributed by atoms with E-state index in [1.54, 1.807) is 12.1 Å². The van der Waals surface area contributed by atoms with Crippen molar-refractivity contribution in [3.8, 4) is 0 Å². The predicted molar refractivity (Wildman–Crippen MR) is 84.0 cm³/mol. The fourth-order valence-corrected chi connectivity index (χ4v) is 3.33. The highest BCUT2D eigenvalue weighted by Gasteiger charge is 2.41. The van der Waals surface area contributed by atoms with Gasteiger partial charge in [0.1, 0.15) is 0 Å². The lowest BCUT2D eigenvalue weighted by molar-refractivity contribution is 0.0841. The molecule has 2 heterocycles. The molecule has 2 fully saturated rings. The number of hydrogen-bond acceptors (Lipinski definition) is 3. The van der Waals surface area contributed by atoms with Crippen molar-refractivity contribution in [3.63, 3.8) is 0 Å². The Kier molecular flexibility index (Phi) is 4.36. The van der Waals surface area contributed by atoms with Crippen LogP contribution < -0.4 is 10.6 Å². The number of anilines is 1. The second kappa shape index (κ2) is 6.24. The fraction of sp³-hybridized carbons (Fsp3) is 0.562. The molecule has 3 unspecified atom stereocenters. The number of hydrogen-bond donors (Lipinski definition) is 2. The van der Waals surface area contributed by atoms with E-state index in [1.165, 1.54) is 0 Å². The molecule has 0 radical (unpaired) electrons. The molecule has 1 aromatic carbocycles. The first-order valence-corrected chi connectivity index (χ1v) is 8.05. The van der Waals surface area contributed by atoms with Crippen molar-refractivity contribution >= 4 is 23.2 Å². The van der Waals surface area contributed by atoms with E-state index < -0.39 is 0 Å². The van der Waals surface area contributed by atoms with Crippen LogP contribution in [0.1, 0.15) is 43.0 Å². The lowest BCUT2D eigenvalue weighted by Gasteiger charge is -2.21. The largest absolute Gasteiger partial charge is 0.384 e. The molecule has 2 saturated heterocycles. The van der Waals surface area contributed by atoms with E-state index in [-0.39, 0.29) is 18.1 Å². The van der Waals surface area contributed by atoms with Gasteiger partial charge in [0.2, 0.25) is 0 Å². The van der Waals surface area contributed by atoms with Gasteiger partial charge in [-0.2, -0.15) is 0 Å². The molecule has 0 aliphatic carbocycles. The van der Waals surface area contributed by atoms with E-state index in [0.717, 1.165) is 37.9 Å². The predicted octanol–water partition coefficient (Wildman–Crippen LogP) is 3.21. The summed E-state index contributed by atoms with van der Waals surface area (Å²) in [5, 5.41) is 6.96. The molecule has 2 aliphatic rings. The number of benzene rings is 1. The minimum absolute atomic E-state index is 0.0720. The number of rotatable bonds is 5. The quantitative estimate of drug-likeness (QED) is 0.878. The Morgan fingerprint density at radius 1 is 1.43 bits per heavy atom. The number of ether oxygens (including phenoxy) is 1. The van der Waals surface area contributed by atoms with Crippen LogP contribution in [-0.2, 0) is 4.74 Å². The Hall–Kier alpha value is -1.26. The van der Waals surface area contributed by atoms with Gasteiger partial charge in [0.05, 0.1) is 23.8 Å². The summed E-state index contributed by atoms with van der Waals surface area (Å²) in [5.74, 6) is -0.0720. The highest BCUT2D eigenvalue weighted by Crippen LogP contribution is 2.34. The Bertz CT molecular complexity index is 535. The maximum Gasteiger partial charge on any atom is 0.253 e.